The van der Waals surface area contributed by atoms with Gasteiger partial charge in [0.15, 0.2) is 6.10 Å². The Morgan fingerprint density at radius 1 is 0.511 bits per heavy atom. The van der Waals surface area contributed by atoms with Crippen LogP contribution in [0.4, 0.5) is 0 Å². The monoisotopic (exact) mass is 629 g/mol. The number of aliphatic hydroxyl groups is 1. The molecule has 0 saturated carbocycles. The van der Waals surface area contributed by atoms with Gasteiger partial charge in [0.2, 0.25) is 0 Å². The topological polar surface area (TPSA) is 72.8 Å². The quantitative estimate of drug-likeness (QED) is 0.0456. The maximum atomic E-state index is 12.1. The molecule has 0 spiro atoms. The van der Waals surface area contributed by atoms with Crippen molar-refractivity contribution in [2.24, 2.45) is 0 Å². The molecule has 0 aromatic heterocycles. The maximum absolute atomic E-state index is 12.1. The number of carbonyl (C=O) groups excluding carboxylic acids is 2. The molecule has 1 atom stereocenters. The Labute approximate surface area is 277 Å². The van der Waals surface area contributed by atoms with Gasteiger partial charge < -0.3 is 14.6 Å². The van der Waals surface area contributed by atoms with Crippen molar-refractivity contribution in [2.45, 2.75) is 168 Å². The zero-order chi connectivity index (χ0) is 32.9. The standard InChI is InChI=1S/C40H68O5/c1-3-5-7-9-11-13-15-17-18-19-20-21-22-23-25-27-29-31-33-35-40(43)45-38(36-41)37-44-39(42)34-32-30-28-26-24-16-14-12-10-8-6-4-2/h11,13,17-18,20-21,23,25,29,31,38,41H,3-10,12,14-16,19,22,24,26-28,30,32-37H2,1-2H3. The molecule has 0 amide bonds. The summed E-state index contributed by atoms with van der Waals surface area (Å²) in [6.07, 6.45) is 45.7. The first-order valence-electron chi connectivity index (χ1n) is 18.3. The van der Waals surface area contributed by atoms with Gasteiger partial charge >= 0.3 is 11.9 Å². The Balaban J connectivity index is 3.73. The third-order valence-electron chi connectivity index (χ3n) is 7.58. The molecule has 0 aliphatic rings. The highest BCUT2D eigenvalue weighted by molar-refractivity contribution is 5.70. The van der Waals surface area contributed by atoms with Gasteiger partial charge in [-0.05, 0) is 51.4 Å². The van der Waals surface area contributed by atoms with E-state index >= 15 is 0 Å². The van der Waals surface area contributed by atoms with E-state index in [1.54, 1.807) is 0 Å². The minimum Gasteiger partial charge on any atom is -0.462 e. The molecule has 0 bridgehead atoms. The predicted molar refractivity (Wildman–Crippen MR) is 191 cm³/mol. The normalized spacial score (nSPS) is 12.9. The van der Waals surface area contributed by atoms with Gasteiger partial charge in [0.05, 0.1) is 6.61 Å². The molecule has 45 heavy (non-hydrogen) atoms. The third-order valence-corrected chi connectivity index (χ3v) is 7.58. The van der Waals surface area contributed by atoms with Crippen LogP contribution in [0.5, 0.6) is 0 Å². The summed E-state index contributed by atoms with van der Waals surface area (Å²) in [4.78, 5) is 24.1. The van der Waals surface area contributed by atoms with E-state index in [2.05, 4.69) is 62.5 Å². The van der Waals surface area contributed by atoms with Crippen LogP contribution in [-0.2, 0) is 19.1 Å². The summed E-state index contributed by atoms with van der Waals surface area (Å²) in [7, 11) is 0. The number of carbonyl (C=O) groups is 2. The second-order valence-electron chi connectivity index (χ2n) is 12.0. The number of hydrogen-bond donors (Lipinski definition) is 1. The molecule has 1 N–H and O–H groups in total. The van der Waals surface area contributed by atoms with Gasteiger partial charge in [-0.3, -0.25) is 9.59 Å². The van der Waals surface area contributed by atoms with Gasteiger partial charge in [0.1, 0.15) is 6.61 Å². The molecule has 1 unspecified atom stereocenters. The minimum atomic E-state index is -0.809. The summed E-state index contributed by atoms with van der Waals surface area (Å²) < 4.78 is 10.5. The SMILES string of the molecule is CCCCCC=CCC=CCC=CCC=CCC=CCCC(=O)OC(CO)COC(=O)CCCCCCCCCCCCCC. The molecule has 0 aromatic rings. The fraction of sp³-hybridized carbons (Fsp3) is 0.700. The molecule has 0 aliphatic heterocycles. The second kappa shape index (κ2) is 36.1. The van der Waals surface area contributed by atoms with Gasteiger partial charge in [0, 0.05) is 12.8 Å². The van der Waals surface area contributed by atoms with E-state index in [-0.39, 0.29) is 25.6 Å². The Hall–Kier alpha value is -2.40. The number of aliphatic hydroxyl groups excluding tert-OH is 1. The van der Waals surface area contributed by atoms with Crippen LogP contribution >= 0.6 is 0 Å². The maximum Gasteiger partial charge on any atom is 0.306 e. The lowest BCUT2D eigenvalue weighted by molar-refractivity contribution is -0.161. The lowest BCUT2D eigenvalue weighted by atomic mass is 10.0. The number of esters is 2. The number of unbranched alkanes of at least 4 members (excludes halogenated alkanes) is 14. The second-order valence-corrected chi connectivity index (χ2v) is 12.0. The molecule has 5 heteroatoms. The lowest BCUT2D eigenvalue weighted by Crippen LogP contribution is -2.28. The summed E-state index contributed by atoms with van der Waals surface area (Å²) in [5.74, 6) is -0.690. The van der Waals surface area contributed by atoms with E-state index in [0.717, 1.165) is 44.9 Å². The van der Waals surface area contributed by atoms with Gasteiger partial charge in [-0.25, -0.2) is 0 Å². The van der Waals surface area contributed by atoms with E-state index in [9.17, 15) is 14.7 Å². The van der Waals surface area contributed by atoms with Gasteiger partial charge in [0.25, 0.3) is 0 Å². The molecule has 0 saturated heterocycles. The molecule has 0 fully saturated rings. The van der Waals surface area contributed by atoms with E-state index in [0.29, 0.717) is 12.8 Å². The van der Waals surface area contributed by atoms with Gasteiger partial charge in [-0.2, -0.15) is 0 Å². The highest BCUT2D eigenvalue weighted by atomic mass is 16.6. The fourth-order valence-corrected chi connectivity index (χ4v) is 4.77. The number of rotatable bonds is 32. The van der Waals surface area contributed by atoms with E-state index < -0.39 is 12.1 Å². The number of hydrogen-bond acceptors (Lipinski definition) is 5. The molecule has 0 radical (unpaired) electrons. The predicted octanol–water partition coefficient (Wildman–Crippen LogP) is 11.2. The Morgan fingerprint density at radius 3 is 1.42 bits per heavy atom. The molecule has 0 heterocycles. The smallest absolute Gasteiger partial charge is 0.306 e. The molecule has 0 aliphatic carbocycles. The van der Waals surface area contributed by atoms with Crippen LogP contribution in [0.25, 0.3) is 0 Å². The van der Waals surface area contributed by atoms with Crippen molar-refractivity contribution in [1.82, 2.24) is 0 Å². The molecular weight excluding hydrogens is 560 g/mol. The van der Waals surface area contributed by atoms with Crippen molar-refractivity contribution >= 4 is 11.9 Å². The van der Waals surface area contributed by atoms with Crippen molar-refractivity contribution in [3.63, 3.8) is 0 Å². The lowest BCUT2D eigenvalue weighted by Gasteiger charge is -2.15. The zero-order valence-electron chi connectivity index (χ0n) is 29.1. The van der Waals surface area contributed by atoms with Crippen LogP contribution in [0.15, 0.2) is 60.8 Å². The van der Waals surface area contributed by atoms with Crippen molar-refractivity contribution in [3.05, 3.63) is 60.8 Å². The highest BCUT2D eigenvalue weighted by Crippen LogP contribution is 2.13. The van der Waals surface area contributed by atoms with Crippen LogP contribution in [0.3, 0.4) is 0 Å². The third kappa shape index (κ3) is 34.3. The van der Waals surface area contributed by atoms with Crippen molar-refractivity contribution in [3.8, 4) is 0 Å². The number of allylic oxidation sites excluding steroid dienone is 10. The summed E-state index contributed by atoms with van der Waals surface area (Å²) in [6.45, 7) is 4.03. The van der Waals surface area contributed by atoms with Crippen LogP contribution in [0.2, 0.25) is 0 Å². The van der Waals surface area contributed by atoms with Crippen LogP contribution in [-0.4, -0.2) is 36.4 Å². The summed E-state index contributed by atoms with van der Waals surface area (Å²) in [6, 6.07) is 0. The van der Waals surface area contributed by atoms with Crippen molar-refractivity contribution in [2.75, 3.05) is 13.2 Å². The Kier molecular flexibility index (Phi) is 34.1. The largest absolute Gasteiger partial charge is 0.462 e. The van der Waals surface area contributed by atoms with E-state index in [1.165, 1.54) is 83.5 Å². The first-order chi connectivity index (χ1) is 22.1. The van der Waals surface area contributed by atoms with Gasteiger partial charge in [-0.1, -0.05) is 158 Å². The van der Waals surface area contributed by atoms with Crippen LogP contribution in [0.1, 0.15) is 162 Å². The first-order valence-corrected chi connectivity index (χ1v) is 18.3. The minimum absolute atomic E-state index is 0.0960. The average molecular weight is 629 g/mol. The van der Waals surface area contributed by atoms with Crippen LogP contribution in [0, 0.1) is 0 Å². The zero-order valence-corrected chi connectivity index (χ0v) is 29.1. The van der Waals surface area contributed by atoms with Crippen LogP contribution < -0.4 is 0 Å². The fourth-order valence-electron chi connectivity index (χ4n) is 4.77. The molecular formula is C40H68O5. The Morgan fingerprint density at radius 2 is 0.933 bits per heavy atom. The summed E-state index contributed by atoms with van der Waals surface area (Å²) >= 11 is 0. The molecule has 0 aromatic carbocycles. The van der Waals surface area contributed by atoms with E-state index in [4.69, 9.17) is 9.47 Å². The number of ether oxygens (including phenoxy) is 2. The average Bonchev–Trinajstić information content (AvgIpc) is 3.04. The molecule has 258 valence electrons. The summed E-state index contributed by atoms with van der Waals surface area (Å²) in [5.41, 5.74) is 0. The first kappa shape index (κ1) is 42.6. The van der Waals surface area contributed by atoms with Crippen molar-refractivity contribution < 1.29 is 24.2 Å². The Bertz CT molecular complexity index is 808. The molecule has 5 nitrogen and oxygen atoms in total. The highest BCUT2D eigenvalue weighted by Gasteiger charge is 2.15. The van der Waals surface area contributed by atoms with E-state index in [1.807, 2.05) is 12.2 Å². The van der Waals surface area contributed by atoms with Crippen molar-refractivity contribution in [1.29, 1.82) is 0 Å². The van der Waals surface area contributed by atoms with Gasteiger partial charge in [-0.15, -0.1) is 0 Å². The summed E-state index contributed by atoms with van der Waals surface area (Å²) in [5, 5.41) is 9.51. The molecule has 0 rings (SSSR count).